The molecule has 3 rings (SSSR count). The molecular weight excluding hydrogens is 424 g/mol. The maximum absolute atomic E-state index is 13.1. The Labute approximate surface area is 182 Å². The summed E-state index contributed by atoms with van der Waals surface area (Å²) in [5.41, 5.74) is 6.24. The van der Waals surface area contributed by atoms with Crippen LogP contribution < -0.4 is 16.4 Å². The van der Waals surface area contributed by atoms with E-state index in [1.54, 1.807) is 17.0 Å². The lowest BCUT2D eigenvalue weighted by Gasteiger charge is -2.33. The molecule has 1 aromatic rings. The molecule has 0 saturated carbocycles. The van der Waals surface area contributed by atoms with Gasteiger partial charge in [-0.1, -0.05) is 0 Å². The van der Waals surface area contributed by atoms with Gasteiger partial charge in [0.1, 0.15) is 0 Å². The molecule has 2 fully saturated rings. The summed E-state index contributed by atoms with van der Waals surface area (Å²) in [5.74, 6) is -0.836. The van der Waals surface area contributed by atoms with Crippen molar-refractivity contribution in [3.05, 3.63) is 24.3 Å². The van der Waals surface area contributed by atoms with Crippen molar-refractivity contribution < 1.29 is 27.5 Å². The van der Waals surface area contributed by atoms with Gasteiger partial charge in [-0.2, -0.15) is 0 Å². The van der Waals surface area contributed by atoms with E-state index in [9.17, 15) is 18.0 Å². The number of primary amides is 1. The Hall–Kier alpha value is -2.37. The van der Waals surface area contributed by atoms with Crippen molar-refractivity contribution in [1.82, 2.24) is 10.2 Å². The number of hydrogen-bond acceptors (Lipinski definition) is 7. The van der Waals surface area contributed by atoms with Crippen molar-refractivity contribution in [2.75, 3.05) is 57.9 Å². The third kappa shape index (κ3) is 5.28. The largest absolute Gasteiger partial charge is 0.385 e. The first-order chi connectivity index (χ1) is 14.9. The highest BCUT2D eigenvalue weighted by Gasteiger charge is 2.51. The summed E-state index contributed by atoms with van der Waals surface area (Å²) in [6.07, 6.45) is 0.822. The Balaban J connectivity index is 1.49. The molecule has 0 spiro atoms. The number of amides is 3. The van der Waals surface area contributed by atoms with E-state index in [0.29, 0.717) is 45.8 Å². The van der Waals surface area contributed by atoms with Gasteiger partial charge in [0, 0.05) is 45.1 Å². The van der Waals surface area contributed by atoms with Crippen LogP contribution in [0, 0.1) is 0 Å². The minimum Gasteiger partial charge on any atom is -0.385 e. The second-order valence-electron chi connectivity index (χ2n) is 7.61. The Bertz CT molecular complexity index is 862. The van der Waals surface area contributed by atoms with Gasteiger partial charge in [0.05, 0.1) is 18.1 Å². The van der Waals surface area contributed by atoms with Crippen LogP contribution in [-0.2, 0) is 24.1 Å². The summed E-state index contributed by atoms with van der Waals surface area (Å²) < 4.78 is 35.1. The number of nitrogens with zero attached hydrogens (tertiary/aromatic N) is 1. The van der Waals surface area contributed by atoms with Gasteiger partial charge in [-0.05, 0) is 43.5 Å². The van der Waals surface area contributed by atoms with E-state index in [1.165, 1.54) is 12.1 Å². The second kappa shape index (κ2) is 10.3. The molecule has 0 radical (unpaired) electrons. The first kappa shape index (κ1) is 23.3. The zero-order valence-electron chi connectivity index (χ0n) is 17.5. The molecular formula is C20H30N4O6S. The van der Waals surface area contributed by atoms with Crippen molar-refractivity contribution in [1.29, 1.82) is 0 Å². The zero-order valence-corrected chi connectivity index (χ0v) is 18.3. The summed E-state index contributed by atoms with van der Waals surface area (Å²) in [4.78, 5) is 25.9. The predicted molar refractivity (Wildman–Crippen MR) is 115 cm³/mol. The van der Waals surface area contributed by atoms with Crippen LogP contribution in [0.5, 0.6) is 0 Å². The monoisotopic (exact) mass is 454 g/mol. The molecule has 2 heterocycles. The number of carbonyl (C=O) groups excluding carboxylic acids is 2. The average molecular weight is 455 g/mol. The third-order valence-corrected chi connectivity index (χ3v) is 8.22. The highest BCUT2D eigenvalue weighted by Crippen LogP contribution is 2.35. The third-order valence-electron chi connectivity index (χ3n) is 5.69. The highest BCUT2D eigenvalue weighted by molar-refractivity contribution is 7.93. The van der Waals surface area contributed by atoms with Gasteiger partial charge in [0.15, 0.2) is 14.6 Å². The van der Waals surface area contributed by atoms with E-state index in [-0.39, 0.29) is 37.0 Å². The van der Waals surface area contributed by atoms with Gasteiger partial charge >= 0.3 is 6.03 Å². The number of anilines is 1. The van der Waals surface area contributed by atoms with Gasteiger partial charge < -0.3 is 30.7 Å². The predicted octanol–water partition coefficient (Wildman–Crippen LogP) is 0.339. The molecule has 2 saturated heterocycles. The van der Waals surface area contributed by atoms with Crippen molar-refractivity contribution in [3.63, 3.8) is 0 Å². The minimum atomic E-state index is -3.93. The molecule has 2 aliphatic rings. The average Bonchev–Trinajstić information content (AvgIpc) is 2.80. The number of urea groups is 1. The molecule has 0 aliphatic carbocycles. The lowest BCUT2D eigenvalue weighted by molar-refractivity contribution is -0.122. The molecule has 0 unspecified atom stereocenters. The molecule has 4 N–H and O–H groups in total. The van der Waals surface area contributed by atoms with E-state index in [4.69, 9.17) is 15.2 Å². The van der Waals surface area contributed by atoms with Crippen LogP contribution in [0.1, 0.15) is 19.3 Å². The summed E-state index contributed by atoms with van der Waals surface area (Å²) in [5, 5.41) is 6.07. The maximum Gasteiger partial charge on any atom is 0.317 e. The summed E-state index contributed by atoms with van der Waals surface area (Å²) >= 11 is 0. The number of sulfone groups is 1. The Morgan fingerprint density at radius 3 is 2.23 bits per heavy atom. The lowest BCUT2D eigenvalue weighted by atomic mass is 9.98. The van der Waals surface area contributed by atoms with E-state index < -0.39 is 20.5 Å². The number of rotatable bonds is 8. The molecule has 0 aromatic heterocycles. The number of ether oxygens (including phenoxy) is 2. The number of nitrogens with one attached hydrogen (secondary N) is 2. The summed E-state index contributed by atoms with van der Waals surface area (Å²) in [6.45, 7) is 3.83. The number of nitrogens with two attached hydrogens (primary N) is 1. The molecule has 0 atom stereocenters. The standard InChI is InChI=1S/C20H30N4O6S/c21-18(25)20(6-12-29-13-7-20)31(27,28)17-4-2-16(3-5-17)22-8-1-9-23-19(26)24-10-14-30-15-11-24/h2-5,22H,1,6-15H2,(H2,21,25)(H,23,26). The normalized spacial score (nSPS) is 18.9. The van der Waals surface area contributed by atoms with Gasteiger partial charge in [0.2, 0.25) is 5.91 Å². The number of benzene rings is 1. The summed E-state index contributed by atoms with van der Waals surface area (Å²) in [6, 6.07) is 6.20. The van der Waals surface area contributed by atoms with Crippen LogP contribution in [0.25, 0.3) is 0 Å². The van der Waals surface area contributed by atoms with Crippen LogP contribution in [0.4, 0.5) is 10.5 Å². The van der Waals surface area contributed by atoms with Gasteiger partial charge in [-0.15, -0.1) is 0 Å². The van der Waals surface area contributed by atoms with Crippen molar-refractivity contribution >= 4 is 27.5 Å². The zero-order chi connectivity index (χ0) is 22.3. The smallest absolute Gasteiger partial charge is 0.317 e. The highest BCUT2D eigenvalue weighted by atomic mass is 32.2. The molecule has 2 aliphatic heterocycles. The van der Waals surface area contributed by atoms with Crippen LogP contribution >= 0.6 is 0 Å². The van der Waals surface area contributed by atoms with Crippen molar-refractivity contribution in [2.24, 2.45) is 5.73 Å². The SMILES string of the molecule is NC(=O)C1(S(=O)(=O)c2ccc(NCCCNC(=O)N3CCOCC3)cc2)CCOCC1. The van der Waals surface area contributed by atoms with E-state index in [1.807, 2.05) is 0 Å². The van der Waals surface area contributed by atoms with E-state index >= 15 is 0 Å². The Morgan fingerprint density at radius 1 is 1.00 bits per heavy atom. The molecule has 31 heavy (non-hydrogen) atoms. The molecule has 11 heteroatoms. The molecule has 172 valence electrons. The molecule has 1 aromatic carbocycles. The quantitative estimate of drug-likeness (QED) is 0.481. The summed E-state index contributed by atoms with van der Waals surface area (Å²) in [7, 11) is -3.93. The van der Waals surface area contributed by atoms with Crippen LogP contribution in [0.15, 0.2) is 29.2 Å². The first-order valence-electron chi connectivity index (χ1n) is 10.4. The van der Waals surface area contributed by atoms with Crippen LogP contribution in [0.2, 0.25) is 0 Å². The maximum atomic E-state index is 13.1. The number of carbonyl (C=O) groups is 2. The fraction of sp³-hybridized carbons (Fsp3) is 0.600. The van der Waals surface area contributed by atoms with Crippen molar-refractivity contribution in [3.8, 4) is 0 Å². The van der Waals surface area contributed by atoms with Crippen LogP contribution in [-0.4, -0.2) is 82.6 Å². The number of hydrogen-bond donors (Lipinski definition) is 3. The second-order valence-corrected chi connectivity index (χ2v) is 9.87. The molecule has 0 bridgehead atoms. The molecule has 3 amide bonds. The molecule has 10 nitrogen and oxygen atoms in total. The fourth-order valence-electron chi connectivity index (χ4n) is 3.72. The van der Waals surface area contributed by atoms with E-state index in [0.717, 1.165) is 5.69 Å². The van der Waals surface area contributed by atoms with Gasteiger partial charge in [0.25, 0.3) is 0 Å². The Morgan fingerprint density at radius 2 is 1.61 bits per heavy atom. The van der Waals surface area contributed by atoms with Gasteiger partial charge in [-0.3, -0.25) is 4.79 Å². The number of morpholine rings is 1. The minimum absolute atomic E-state index is 0.0564. The van der Waals surface area contributed by atoms with E-state index in [2.05, 4.69) is 10.6 Å². The van der Waals surface area contributed by atoms with Crippen LogP contribution in [0.3, 0.4) is 0 Å². The van der Waals surface area contributed by atoms with Crippen molar-refractivity contribution in [2.45, 2.75) is 28.9 Å². The first-order valence-corrected chi connectivity index (χ1v) is 11.9. The topological polar surface area (TPSA) is 140 Å². The Kier molecular flexibility index (Phi) is 7.74. The fourth-order valence-corrected chi connectivity index (χ4v) is 5.64. The lowest BCUT2D eigenvalue weighted by Crippen LogP contribution is -2.53. The van der Waals surface area contributed by atoms with Gasteiger partial charge in [-0.25, -0.2) is 13.2 Å².